The number of carbonyl (C=O) groups is 1. The van der Waals surface area contributed by atoms with Crippen LogP contribution in [0.25, 0.3) is 0 Å². The summed E-state index contributed by atoms with van der Waals surface area (Å²) in [5.74, 6) is -0.268. The van der Waals surface area contributed by atoms with E-state index in [2.05, 4.69) is 55.6 Å². The maximum Gasteiger partial charge on any atom is 0.220 e. The van der Waals surface area contributed by atoms with Crippen LogP contribution in [0.4, 0.5) is 0 Å². The van der Waals surface area contributed by atoms with Crippen molar-refractivity contribution in [2.75, 3.05) is 19.8 Å². The fraction of sp³-hybridized carbons (Fsp3) is 0.804. The third-order valence-corrected chi connectivity index (χ3v) is 11.0. The van der Waals surface area contributed by atoms with E-state index in [1.807, 2.05) is 6.08 Å². The van der Waals surface area contributed by atoms with Gasteiger partial charge in [-0.1, -0.05) is 114 Å². The summed E-state index contributed by atoms with van der Waals surface area (Å²) < 4.78 is 22.6. The summed E-state index contributed by atoms with van der Waals surface area (Å²) in [7, 11) is 0. The molecule has 0 saturated carbocycles. The second-order valence-electron chi connectivity index (χ2n) is 16.2. The first kappa shape index (κ1) is 54.1. The molecule has 2 rings (SSSR count). The van der Waals surface area contributed by atoms with Crippen molar-refractivity contribution in [1.29, 1.82) is 0 Å². The number of hydrogen-bond donors (Lipinski definition) is 9. The van der Waals surface area contributed by atoms with Gasteiger partial charge in [0.05, 0.1) is 32.0 Å². The van der Waals surface area contributed by atoms with Gasteiger partial charge in [0.1, 0.15) is 48.8 Å². The first-order chi connectivity index (χ1) is 29.1. The van der Waals surface area contributed by atoms with E-state index in [9.17, 15) is 45.6 Å². The molecule has 14 nitrogen and oxygen atoms in total. The van der Waals surface area contributed by atoms with Gasteiger partial charge in [-0.05, 0) is 70.6 Å². The third kappa shape index (κ3) is 21.4. The molecule has 60 heavy (non-hydrogen) atoms. The van der Waals surface area contributed by atoms with Crippen LogP contribution in [0, 0.1) is 0 Å². The Kier molecular flexibility index (Phi) is 30.2. The molecule has 0 bridgehead atoms. The predicted octanol–water partition coefficient (Wildman–Crippen LogP) is 4.54. The van der Waals surface area contributed by atoms with Crippen LogP contribution in [0.1, 0.15) is 142 Å². The zero-order valence-electron chi connectivity index (χ0n) is 36.4. The molecule has 1 amide bonds. The van der Waals surface area contributed by atoms with Gasteiger partial charge in [-0.3, -0.25) is 4.79 Å². The number of aliphatic hydroxyl groups excluding tert-OH is 8. The van der Waals surface area contributed by atoms with Gasteiger partial charge < -0.3 is 65.1 Å². The molecule has 0 spiro atoms. The average molecular weight is 856 g/mol. The molecule has 0 aromatic heterocycles. The molecule has 0 aromatic carbocycles. The van der Waals surface area contributed by atoms with E-state index in [1.165, 1.54) is 44.9 Å². The number of nitrogens with one attached hydrogen (secondary N) is 1. The molecule has 0 aromatic rings. The molecule has 2 aliphatic rings. The average Bonchev–Trinajstić information content (AvgIpc) is 3.24. The Balaban J connectivity index is 1.94. The number of aliphatic hydroxyl groups is 8. The Bertz CT molecular complexity index is 1200. The van der Waals surface area contributed by atoms with Crippen molar-refractivity contribution in [3.05, 3.63) is 48.6 Å². The van der Waals surface area contributed by atoms with Crippen LogP contribution in [-0.2, 0) is 23.7 Å². The highest BCUT2D eigenvalue weighted by molar-refractivity contribution is 5.76. The SMILES string of the molecule is CCCCC/C=C/CC/C=C/CC/C=C/C(O)C(COC1OC(CO)C(OC2OC(CO)C(O)C(O)C2O)C(O)C1O)NC(=O)CCCCCCC/C=C\CCCCCC. The molecule has 348 valence electrons. The van der Waals surface area contributed by atoms with Gasteiger partial charge >= 0.3 is 0 Å². The Morgan fingerprint density at radius 1 is 0.583 bits per heavy atom. The number of allylic oxidation sites excluding steroid dienone is 7. The van der Waals surface area contributed by atoms with E-state index >= 15 is 0 Å². The molecule has 12 atom stereocenters. The van der Waals surface area contributed by atoms with Gasteiger partial charge in [0, 0.05) is 6.42 Å². The van der Waals surface area contributed by atoms with Crippen LogP contribution in [-0.4, -0.2) is 140 Å². The van der Waals surface area contributed by atoms with E-state index in [0.717, 1.165) is 64.2 Å². The molecule has 0 radical (unpaired) electrons. The van der Waals surface area contributed by atoms with E-state index < -0.39 is 86.8 Å². The first-order valence-corrected chi connectivity index (χ1v) is 22.9. The molecule has 2 heterocycles. The Morgan fingerprint density at radius 2 is 1.07 bits per heavy atom. The summed E-state index contributed by atoms with van der Waals surface area (Å²) in [6.07, 6.45) is 20.2. The topological polar surface area (TPSA) is 228 Å². The molecule has 2 aliphatic heterocycles. The maximum atomic E-state index is 13.1. The Morgan fingerprint density at radius 3 is 1.67 bits per heavy atom. The van der Waals surface area contributed by atoms with Crippen LogP contribution in [0.5, 0.6) is 0 Å². The summed E-state index contributed by atoms with van der Waals surface area (Å²) >= 11 is 0. The normalized spacial score (nSPS) is 28.7. The second kappa shape index (κ2) is 33.5. The summed E-state index contributed by atoms with van der Waals surface area (Å²) in [5, 5.41) is 86.4. The smallest absolute Gasteiger partial charge is 0.220 e. The molecule has 2 fully saturated rings. The standard InChI is InChI=1S/C46H81NO13/c1-3-5-7-9-11-13-15-17-19-21-23-25-27-29-35(50)34(47-38(51)30-28-26-24-22-20-18-16-14-12-10-8-6-4-2)33-57-45-43(56)41(54)44(37(32-49)59-45)60-46-42(55)40(53)39(52)36(31-48)58-46/h11,13-14,16,19,21,27,29,34-37,39-46,48-50,52-56H,3-10,12,15,17-18,20,22-26,28,30-33H2,1-2H3,(H,47,51)/b13-11+,16-14-,21-19+,29-27+. The highest BCUT2D eigenvalue weighted by atomic mass is 16.7. The van der Waals surface area contributed by atoms with Gasteiger partial charge in [-0.25, -0.2) is 0 Å². The van der Waals surface area contributed by atoms with E-state index in [1.54, 1.807) is 6.08 Å². The molecular weight excluding hydrogens is 774 g/mol. The number of unbranched alkanes of at least 4 members (excludes halogenated alkanes) is 14. The lowest BCUT2D eigenvalue weighted by Gasteiger charge is -2.46. The minimum absolute atomic E-state index is 0.258. The van der Waals surface area contributed by atoms with Crippen LogP contribution < -0.4 is 5.32 Å². The Labute approximate surface area is 359 Å². The number of ether oxygens (including phenoxy) is 4. The molecular formula is C46H81NO13. The van der Waals surface area contributed by atoms with E-state index in [-0.39, 0.29) is 18.9 Å². The predicted molar refractivity (Wildman–Crippen MR) is 231 cm³/mol. The van der Waals surface area contributed by atoms with Crippen molar-refractivity contribution in [2.24, 2.45) is 0 Å². The van der Waals surface area contributed by atoms with Gasteiger partial charge in [0.25, 0.3) is 0 Å². The van der Waals surface area contributed by atoms with Crippen LogP contribution in [0.3, 0.4) is 0 Å². The summed E-state index contributed by atoms with van der Waals surface area (Å²) in [6.45, 7) is 2.66. The summed E-state index contributed by atoms with van der Waals surface area (Å²) in [6, 6.07) is -0.939. The highest BCUT2D eigenvalue weighted by Crippen LogP contribution is 2.30. The maximum absolute atomic E-state index is 13.1. The van der Waals surface area contributed by atoms with Crippen LogP contribution in [0.15, 0.2) is 48.6 Å². The Hall–Kier alpha value is -2.05. The van der Waals surface area contributed by atoms with Gasteiger partial charge in [0.2, 0.25) is 5.91 Å². The summed E-state index contributed by atoms with van der Waals surface area (Å²) in [4.78, 5) is 13.1. The van der Waals surface area contributed by atoms with Crippen LogP contribution >= 0.6 is 0 Å². The van der Waals surface area contributed by atoms with Crippen molar-refractivity contribution in [3.63, 3.8) is 0 Å². The molecule has 9 N–H and O–H groups in total. The molecule has 14 heteroatoms. The van der Waals surface area contributed by atoms with E-state index in [4.69, 9.17) is 18.9 Å². The van der Waals surface area contributed by atoms with Crippen molar-refractivity contribution in [3.8, 4) is 0 Å². The minimum Gasteiger partial charge on any atom is -0.394 e. The second-order valence-corrected chi connectivity index (χ2v) is 16.2. The van der Waals surface area contributed by atoms with Gasteiger partial charge in [0.15, 0.2) is 12.6 Å². The molecule has 12 unspecified atom stereocenters. The lowest BCUT2D eigenvalue weighted by Crippen LogP contribution is -2.65. The zero-order chi connectivity index (χ0) is 44.0. The third-order valence-electron chi connectivity index (χ3n) is 11.0. The zero-order valence-corrected chi connectivity index (χ0v) is 36.4. The largest absolute Gasteiger partial charge is 0.394 e. The highest BCUT2D eigenvalue weighted by Gasteiger charge is 2.50. The number of amides is 1. The van der Waals surface area contributed by atoms with Crippen molar-refractivity contribution in [2.45, 2.75) is 216 Å². The molecule has 0 aliphatic carbocycles. The number of hydrogen-bond acceptors (Lipinski definition) is 13. The monoisotopic (exact) mass is 856 g/mol. The fourth-order valence-electron chi connectivity index (χ4n) is 7.14. The molecule has 2 saturated heterocycles. The summed E-state index contributed by atoms with van der Waals surface area (Å²) in [5.41, 5.74) is 0. The number of rotatable bonds is 33. The van der Waals surface area contributed by atoms with Gasteiger partial charge in [-0.2, -0.15) is 0 Å². The van der Waals surface area contributed by atoms with Crippen molar-refractivity contribution < 1.29 is 64.6 Å². The van der Waals surface area contributed by atoms with Crippen molar-refractivity contribution >= 4 is 5.91 Å². The lowest BCUT2D eigenvalue weighted by molar-refractivity contribution is -0.359. The van der Waals surface area contributed by atoms with Crippen LogP contribution in [0.2, 0.25) is 0 Å². The first-order valence-electron chi connectivity index (χ1n) is 22.9. The lowest BCUT2D eigenvalue weighted by atomic mass is 9.97. The fourth-order valence-corrected chi connectivity index (χ4v) is 7.14. The quantitative estimate of drug-likeness (QED) is 0.0327. The van der Waals surface area contributed by atoms with Crippen molar-refractivity contribution in [1.82, 2.24) is 5.32 Å². The number of carbonyl (C=O) groups excluding carboxylic acids is 1. The van der Waals surface area contributed by atoms with Gasteiger partial charge in [-0.15, -0.1) is 0 Å². The minimum atomic E-state index is -1.79. The van der Waals surface area contributed by atoms with E-state index in [0.29, 0.717) is 12.8 Å².